The fourth-order valence-corrected chi connectivity index (χ4v) is 2.27. The van der Waals surface area contributed by atoms with E-state index in [9.17, 15) is 0 Å². The van der Waals surface area contributed by atoms with Crippen LogP contribution in [0.15, 0.2) is 0 Å². The molecule has 0 radical (unpaired) electrons. The lowest BCUT2D eigenvalue weighted by Crippen LogP contribution is -2.33. The first kappa shape index (κ1) is 13.9. The largest absolute Gasteiger partial charge is 0.372 e. The molecule has 2 atom stereocenters. The smallest absolute Gasteiger partial charge is 0.0707 e. The van der Waals surface area contributed by atoms with E-state index in [4.69, 9.17) is 4.74 Å². The number of rotatable bonds is 8. The van der Waals surface area contributed by atoms with Crippen LogP contribution >= 0.6 is 0 Å². The van der Waals surface area contributed by atoms with Crippen molar-refractivity contribution in [3.05, 3.63) is 0 Å². The first-order valence-corrected chi connectivity index (χ1v) is 6.88. The second-order valence-corrected chi connectivity index (χ2v) is 4.65. The Morgan fingerprint density at radius 1 is 1.12 bits per heavy atom. The molecule has 0 aromatic rings. The summed E-state index contributed by atoms with van der Waals surface area (Å²) in [5, 5.41) is 3.44. The zero-order chi connectivity index (χ0) is 11.8. The van der Waals surface area contributed by atoms with Crippen molar-refractivity contribution in [1.29, 1.82) is 0 Å². The molecule has 2 unspecified atom stereocenters. The minimum atomic E-state index is 0.451. The molecule has 0 amide bonds. The highest BCUT2D eigenvalue weighted by Gasteiger charge is 2.25. The highest BCUT2D eigenvalue weighted by Crippen LogP contribution is 2.19. The van der Waals surface area contributed by atoms with Crippen molar-refractivity contribution in [2.45, 2.75) is 52.2 Å². The van der Waals surface area contributed by atoms with Crippen LogP contribution in [-0.4, -0.2) is 49.8 Å². The molecule has 1 saturated heterocycles. The average Bonchev–Trinajstić information content (AvgIpc) is 2.74. The van der Waals surface area contributed by atoms with Gasteiger partial charge in [0.05, 0.1) is 12.2 Å². The van der Waals surface area contributed by atoms with Crippen molar-refractivity contribution >= 4 is 0 Å². The number of hydrogen-bond donors (Lipinski definition) is 1. The van der Waals surface area contributed by atoms with Gasteiger partial charge in [-0.15, -0.1) is 0 Å². The molecule has 1 N–H and O–H groups in total. The Bertz CT molecular complexity index is 171. The van der Waals surface area contributed by atoms with Crippen LogP contribution in [0.25, 0.3) is 0 Å². The summed E-state index contributed by atoms with van der Waals surface area (Å²) in [6.07, 6.45) is 4.58. The summed E-state index contributed by atoms with van der Waals surface area (Å²) in [7, 11) is 0. The lowest BCUT2D eigenvalue weighted by Gasteiger charge is -2.22. The summed E-state index contributed by atoms with van der Waals surface area (Å²) in [6.45, 7) is 12.2. The van der Waals surface area contributed by atoms with Crippen LogP contribution in [-0.2, 0) is 4.74 Å². The predicted octanol–water partition coefficient (Wildman–Crippen LogP) is 1.88. The molecule has 0 aliphatic carbocycles. The molecule has 0 aromatic carbocycles. The molecule has 1 aliphatic rings. The zero-order valence-electron chi connectivity index (χ0n) is 11.2. The van der Waals surface area contributed by atoms with Gasteiger partial charge in [0, 0.05) is 13.1 Å². The van der Waals surface area contributed by atoms with E-state index in [-0.39, 0.29) is 0 Å². The minimum absolute atomic E-state index is 0.451. The molecule has 96 valence electrons. The second kappa shape index (κ2) is 8.04. The van der Waals surface area contributed by atoms with Crippen LogP contribution in [0.4, 0.5) is 0 Å². The van der Waals surface area contributed by atoms with Gasteiger partial charge in [0.15, 0.2) is 0 Å². The summed E-state index contributed by atoms with van der Waals surface area (Å²) >= 11 is 0. The summed E-state index contributed by atoms with van der Waals surface area (Å²) in [5.41, 5.74) is 0. The third-order valence-electron chi connectivity index (χ3n) is 3.35. The Kier molecular flexibility index (Phi) is 7.01. The molecular formula is C13H28N2O. The van der Waals surface area contributed by atoms with Crippen LogP contribution in [0.3, 0.4) is 0 Å². The van der Waals surface area contributed by atoms with Crippen molar-refractivity contribution in [3.8, 4) is 0 Å². The Morgan fingerprint density at radius 3 is 2.44 bits per heavy atom. The van der Waals surface area contributed by atoms with E-state index < -0.39 is 0 Å². The van der Waals surface area contributed by atoms with Gasteiger partial charge in [0.2, 0.25) is 0 Å². The van der Waals surface area contributed by atoms with Crippen molar-refractivity contribution in [2.24, 2.45) is 0 Å². The first-order valence-electron chi connectivity index (χ1n) is 6.88. The maximum absolute atomic E-state index is 6.04. The summed E-state index contributed by atoms with van der Waals surface area (Å²) in [4.78, 5) is 2.45. The van der Waals surface area contributed by atoms with Crippen molar-refractivity contribution in [3.63, 3.8) is 0 Å². The van der Waals surface area contributed by atoms with Gasteiger partial charge in [0.1, 0.15) is 0 Å². The molecule has 1 rings (SSSR count). The average molecular weight is 228 g/mol. The standard InChI is InChI=1S/C13H28N2O/c1-4-9-14-10-12-7-8-13(16-12)11-15(5-2)6-3/h12-14H,4-11H2,1-3H3. The number of likely N-dealkylation sites (N-methyl/N-ethyl adjacent to an activating group) is 1. The van der Waals surface area contributed by atoms with Crippen LogP contribution in [0.5, 0.6) is 0 Å². The lowest BCUT2D eigenvalue weighted by molar-refractivity contribution is 0.0253. The topological polar surface area (TPSA) is 24.5 Å². The molecule has 16 heavy (non-hydrogen) atoms. The number of nitrogens with zero attached hydrogens (tertiary/aromatic N) is 1. The van der Waals surface area contributed by atoms with Crippen molar-refractivity contribution in [1.82, 2.24) is 10.2 Å². The third-order valence-corrected chi connectivity index (χ3v) is 3.35. The van der Waals surface area contributed by atoms with Gasteiger partial charge < -0.3 is 15.0 Å². The fraction of sp³-hybridized carbons (Fsp3) is 1.00. The molecule has 0 aromatic heterocycles. The molecule has 1 aliphatic heterocycles. The van der Waals surface area contributed by atoms with Crippen LogP contribution in [0.2, 0.25) is 0 Å². The van der Waals surface area contributed by atoms with Gasteiger partial charge in [-0.2, -0.15) is 0 Å². The molecule has 1 fully saturated rings. The zero-order valence-corrected chi connectivity index (χ0v) is 11.2. The fourth-order valence-electron chi connectivity index (χ4n) is 2.27. The molecule has 0 bridgehead atoms. The molecule has 3 nitrogen and oxygen atoms in total. The Balaban J connectivity index is 2.14. The molecule has 0 spiro atoms. The van der Waals surface area contributed by atoms with Gasteiger partial charge in [-0.25, -0.2) is 0 Å². The maximum atomic E-state index is 6.04. The normalized spacial score (nSPS) is 25.5. The Hall–Kier alpha value is -0.120. The first-order chi connectivity index (χ1) is 7.80. The molecular weight excluding hydrogens is 200 g/mol. The number of nitrogens with one attached hydrogen (secondary N) is 1. The lowest BCUT2D eigenvalue weighted by atomic mass is 10.2. The van der Waals surface area contributed by atoms with Gasteiger partial charge >= 0.3 is 0 Å². The SMILES string of the molecule is CCCNCC1CCC(CN(CC)CC)O1. The van der Waals surface area contributed by atoms with Gasteiger partial charge in [-0.3, -0.25) is 0 Å². The van der Waals surface area contributed by atoms with E-state index in [0.29, 0.717) is 12.2 Å². The minimum Gasteiger partial charge on any atom is -0.372 e. The quantitative estimate of drug-likeness (QED) is 0.642. The van der Waals surface area contributed by atoms with E-state index in [0.717, 1.165) is 32.7 Å². The van der Waals surface area contributed by atoms with Crippen molar-refractivity contribution < 1.29 is 4.74 Å². The van der Waals surface area contributed by atoms with E-state index in [1.54, 1.807) is 0 Å². The van der Waals surface area contributed by atoms with E-state index in [2.05, 4.69) is 31.0 Å². The summed E-state index contributed by atoms with van der Waals surface area (Å²) in [6, 6.07) is 0. The molecule has 1 heterocycles. The highest BCUT2D eigenvalue weighted by molar-refractivity contribution is 4.77. The van der Waals surface area contributed by atoms with Crippen LogP contribution in [0, 0.1) is 0 Å². The second-order valence-electron chi connectivity index (χ2n) is 4.65. The monoisotopic (exact) mass is 228 g/mol. The highest BCUT2D eigenvalue weighted by atomic mass is 16.5. The van der Waals surface area contributed by atoms with E-state index in [1.807, 2.05) is 0 Å². The maximum Gasteiger partial charge on any atom is 0.0707 e. The van der Waals surface area contributed by atoms with Gasteiger partial charge in [0.25, 0.3) is 0 Å². The Morgan fingerprint density at radius 2 is 1.81 bits per heavy atom. The van der Waals surface area contributed by atoms with Gasteiger partial charge in [-0.05, 0) is 38.9 Å². The number of hydrogen-bond acceptors (Lipinski definition) is 3. The Labute approximate surface area is 101 Å². The van der Waals surface area contributed by atoms with Crippen molar-refractivity contribution in [2.75, 3.05) is 32.7 Å². The van der Waals surface area contributed by atoms with Crippen LogP contribution < -0.4 is 5.32 Å². The predicted molar refractivity (Wildman–Crippen MR) is 68.8 cm³/mol. The third kappa shape index (κ3) is 4.81. The molecule has 0 saturated carbocycles. The number of ether oxygens (including phenoxy) is 1. The van der Waals surface area contributed by atoms with E-state index >= 15 is 0 Å². The molecule has 3 heteroatoms. The van der Waals surface area contributed by atoms with Gasteiger partial charge in [-0.1, -0.05) is 20.8 Å². The van der Waals surface area contributed by atoms with E-state index in [1.165, 1.54) is 19.3 Å². The summed E-state index contributed by atoms with van der Waals surface area (Å²) < 4.78 is 6.04. The summed E-state index contributed by atoms with van der Waals surface area (Å²) in [5.74, 6) is 0. The van der Waals surface area contributed by atoms with Crippen LogP contribution in [0.1, 0.15) is 40.0 Å².